The number of aliphatic hydroxyl groups is 1. The lowest BCUT2D eigenvalue weighted by Crippen LogP contribution is -2.38. The number of ether oxygens (including phenoxy) is 4. The number of esters is 6. The van der Waals surface area contributed by atoms with Crippen molar-refractivity contribution < 1.29 is 52.8 Å². The molecular weight excluding hydrogens is 272 g/mol. The van der Waals surface area contributed by atoms with Crippen LogP contribution in [0, 0.1) is 0 Å². The van der Waals surface area contributed by atoms with Crippen LogP contribution in [-0.4, -0.2) is 53.8 Å². The Morgan fingerprint density at radius 1 is 0.842 bits per heavy atom. The molecule has 11 heteroatoms. The largest absolute Gasteiger partial charge is 0.445 e. The van der Waals surface area contributed by atoms with E-state index in [4.69, 9.17) is 5.11 Å². The third-order valence-electron chi connectivity index (χ3n) is 1.47. The molecule has 1 heterocycles. The van der Waals surface area contributed by atoms with E-state index in [1.54, 1.807) is 0 Å². The van der Waals surface area contributed by atoms with Gasteiger partial charge in [-0.3, -0.25) is 0 Å². The third kappa shape index (κ3) is 3.85. The molecule has 0 aromatic heterocycles. The van der Waals surface area contributed by atoms with Crippen molar-refractivity contribution in [1.29, 1.82) is 0 Å². The van der Waals surface area contributed by atoms with Gasteiger partial charge in [-0.05, 0) is 0 Å². The highest BCUT2D eigenvalue weighted by atomic mass is 16.7. The summed E-state index contributed by atoms with van der Waals surface area (Å²) >= 11 is 0. The zero-order valence-corrected chi connectivity index (χ0v) is 8.81. The lowest BCUT2D eigenvalue weighted by Gasteiger charge is -2.11. The summed E-state index contributed by atoms with van der Waals surface area (Å²) in [6.07, 6.45) is -2.66. The van der Waals surface area contributed by atoms with Crippen molar-refractivity contribution >= 4 is 35.8 Å². The second-order valence-electron chi connectivity index (χ2n) is 2.80. The van der Waals surface area contributed by atoms with Crippen LogP contribution in [0.4, 0.5) is 0 Å². The molecule has 11 nitrogen and oxygen atoms in total. The Balaban J connectivity index is 2.89. The van der Waals surface area contributed by atoms with Crippen LogP contribution in [0.3, 0.4) is 0 Å². The molecule has 0 saturated carbocycles. The Morgan fingerprint density at radius 2 is 1.42 bits per heavy atom. The summed E-state index contributed by atoms with van der Waals surface area (Å²) in [6.45, 7) is -1.18. The molecule has 0 spiro atoms. The van der Waals surface area contributed by atoms with Gasteiger partial charge in [-0.1, -0.05) is 0 Å². The van der Waals surface area contributed by atoms with Gasteiger partial charge in [0.25, 0.3) is 0 Å². The van der Waals surface area contributed by atoms with E-state index in [1.807, 2.05) is 0 Å². The van der Waals surface area contributed by atoms with E-state index >= 15 is 0 Å². The Bertz CT molecular complexity index is 473. The number of cyclic esters (lactones) is 6. The van der Waals surface area contributed by atoms with E-state index in [0.29, 0.717) is 0 Å². The SMILES string of the molecule is O=C1COC(=O)C(=O)OC(=O)C(O)OC(=O)C(=O)O1. The summed E-state index contributed by atoms with van der Waals surface area (Å²) in [5.41, 5.74) is 0. The normalized spacial score (nSPS) is 22.5. The Hall–Kier alpha value is -2.82. The first-order chi connectivity index (χ1) is 8.81. The molecule has 19 heavy (non-hydrogen) atoms. The van der Waals surface area contributed by atoms with Crippen LogP contribution in [0.1, 0.15) is 0 Å². The van der Waals surface area contributed by atoms with Gasteiger partial charge in [0.1, 0.15) is 0 Å². The molecule has 0 aromatic rings. The summed E-state index contributed by atoms with van der Waals surface area (Å²) in [5.74, 6) is -10.7. The van der Waals surface area contributed by atoms with Crippen LogP contribution in [-0.2, 0) is 47.7 Å². The monoisotopic (exact) mass is 276 g/mol. The summed E-state index contributed by atoms with van der Waals surface area (Å²) in [5, 5.41) is 8.91. The van der Waals surface area contributed by atoms with Crippen molar-refractivity contribution in [2.24, 2.45) is 0 Å². The van der Waals surface area contributed by atoms with Gasteiger partial charge in [-0.2, -0.15) is 0 Å². The number of carbonyl (C=O) groups excluding carboxylic acids is 6. The molecule has 1 rings (SSSR count). The van der Waals surface area contributed by atoms with Gasteiger partial charge in [0, 0.05) is 0 Å². The second kappa shape index (κ2) is 5.68. The molecule has 0 aromatic carbocycles. The molecule has 0 bridgehead atoms. The Kier molecular flexibility index (Phi) is 4.26. The fourth-order valence-electron chi connectivity index (χ4n) is 0.739. The quantitative estimate of drug-likeness (QED) is 0.202. The molecule has 0 aliphatic carbocycles. The van der Waals surface area contributed by atoms with E-state index < -0.39 is 48.7 Å². The average molecular weight is 276 g/mol. The first kappa shape index (κ1) is 14.2. The number of hydrogen-bond acceptors (Lipinski definition) is 11. The van der Waals surface area contributed by atoms with Gasteiger partial charge in [0.15, 0.2) is 6.61 Å². The first-order valence-corrected chi connectivity index (χ1v) is 4.37. The zero-order valence-electron chi connectivity index (χ0n) is 8.81. The summed E-state index contributed by atoms with van der Waals surface area (Å²) in [7, 11) is 0. The van der Waals surface area contributed by atoms with E-state index in [9.17, 15) is 28.8 Å². The molecule has 0 radical (unpaired) electrons. The van der Waals surface area contributed by atoms with E-state index in [-0.39, 0.29) is 0 Å². The van der Waals surface area contributed by atoms with Crippen LogP contribution in [0.15, 0.2) is 0 Å². The van der Waals surface area contributed by atoms with Crippen molar-refractivity contribution in [3.63, 3.8) is 0 Å². The first-order valence-electron chi connectivity index (χ1n) is 4.37. The van der Waals surface area contributed by atoms with Crippen molar-refractivity contribution in [2.75, 3.05) is 6.61 Å². The van der Waals surface area contributed by atoms with Gasteiger partial charge < -0.3 is 24.1 Å². The van der Waals surface area contributed by atoms with Gasteiger partial charge in [0.2, 0.25) is 0 Å². The standard InChI is InChI=1S/C8H4O11/c9-2-1-16-3(10)4(11)18-7(14)8(15)19-6(13)5(12)17-2/h8,15H,1H2. The lowest BCUT2D eigenvalue weighted by molar-refractivity contribution is -0.201. The maximum absolute atomic E-state index is 10.9. The molecule has 1 aliphatic heterocycles. The molecule has 102 valence electrons. The third-order valence-corrected chi connectivity index (χ3v) is 1.47. The highest BCUT2D eigenvalue weighted by molar-refractivity contribution is 6.33. The second-order valence-corrected chi connectivity index (χ2v) is 2.80. The number of rotatable bonds is 0. The highest BCUT2D eigenvalue weighted by Gasteiger charge is 2.33. The zero-order chi connectivity index (χ0) is 14.6. The number of hydrogen-bond donors (Lipinski definition) is 1. The van der Waals surface area contributed by atoms with Crippen LogP contribution in [0.5, 0.6) is 0 Å². The fraction of sp³-hybridized carbons (Fsp3) is 0.250. The smallest absolute Gasteiger partial charge is 0.425 e. The Morgan fingerprint density at radius 3 is 2.05 bits per heavy atom. The number of aliphatic hydroxyl groups excluding tert-OH is 1. The fourth-order valence-corrected chi connectivity index (χ4v) is 0.739. The minimum absolute atomic E-state index is 1.18. The summed E-state index contributed by atoms with van der Waals surface area (Å²) < 4.78 is 15.3. The van der Waals surface area contributed by atoms with Gasteiger partial charge in [-0.15, -0.1) is 0 Å². The topological polar surface area (TPSA) is 160 Å². The predicted molar refractivity (Wildman–Crippen MR) is 45.3 cm³/mol. The molecule has 1 saturated heterocycles. The molecule has 0 amide bonds. The predicted octanol–water partition coefficient (Wildman–Crippen LogP) is -3.46. The molecule has 1 fully saturated rings. The van der Waals surface area contributed by atoms with Crippen LogP contribution >= 0.6 is 0 Å². The van der Waals surface area contributed by atoms with E-state index in [0.717, 1.165) is 0 Å². The van der Waals surface area contributed by atoms with Crippen LogP contribution in [0.2, 0.25) is 0 Å². The van der Waals surface area contributed by atoms with Gasteiger partial charge in [0.05, 0.1) is 0 Å². The Labute approximate surface area is 103 Å². The van der Waals surface area contributed by atoms with Crippen molar-refractivity contribution in [3.05, 3.63) is 0 Å². The molecular formula is C8H4O11. The summed E-state index contributed by atoms with van der Waals surface area (Å²) in [4.78, 5) is 65.2. The molecule has 1 unspecified atom stereocenters. The van der Waals surface area contributed by atoms with Crippen LogP contribution < -0.4 is 0 Å². The molecule has 1 atom stereocenters. The summed E-state index contributed by atoms with van der Waals surface area (Å²) in [6, 6.07) is 0. The minimum Gasteiger partial charge on any atom is -0.445 e. The lowest BCUT2D eigenvalue weighted by atomic mass is 10.5. The maximum atomic E-state index is 10.9. The van der Waals surface area contributed by atoms with Gasteiger partial charge in [-0.25, -0.2) is 28.8 Å². The number of carbonyl (C=O) groups is 6. The van der Waals surface area contributed by atoms with Crippen molar-refractivity contribution in [2.45, 2.75) is 6.29 Å². The average Bonchev–Trinajstić information content (AvgIpc) is 2.34. The molecule has 1 aliphatic rings. The van der Waals surface area contributed by atoms with E-state index in [1.165, 1.54) is 0 Å². The van der Waals surface area contributed by atoms with Crippen molar-refractivity contribution in [3.8, 4) is 0 Å². The minimum atomic E-state index is -2.66. The van der Waals surface area contributed by atoms with Crippen molar-refractivity contribution in [1.82, 2.24) is 0 Å². The maximum Gasteiger partial charge on any atom is 0.425 e. The van der Waals surface area contributed by atoms with E-state index in [2.05, 4.69) is 18.9 Å². The van der Waals surface area contributed by atoms with Crippen LogP contribution in [0.25, 0.3) is 0 Å². The molecule has 1 N–H and O–H groups in total. The van der Waals surface area contributed by atoms with Gasteiger partial charge >= 0.3 is 42.1 Å². The highest BCUT2D eigenvalue weighted by Crippen LogP contribution is 1.99.